The number of nitrogens with two attached hydrogens (primary N) is 1. The third-order valence-corrected chi connectivity index (χ3v) is 2.68. The molecule has 0 saturated carbocycles. The van der Waals surface area contributed by atoms with Crippen LogP contribution in [0.1, 0.15) is 32.5 Å². The van der Waals surface area contributed by atoms with Gasteiger partial charge in [0.1, 0.15) is 0 Å². The van der Waals surface area contributed by atoms with E-state index in [9.17, 15) is 0 Å². The first-order valence-electron chi connectivity index (χ1n) is 5.20. The molecule has 0 aromatic carbocycles. The molecule has 0 saturated heterocycles. The molecule has 1 rings (SSSR count). The summed E-state index contributed by atoms with van der Waals surface area (Å²) in [6.07, 6.45) is 1.56. The molecule has 0 aliphatic carbocycles. The van der Waals surface area contributed by atoms with Gasteiger partial charge in [-0.15, -0.1) is 0 Å². The average Bonchev–Trinajstić information content (AvgIpc) is 2.58. The van der Waals surface area contributed by atoms with Gasteiger partial charge in [-0.05, 0) is 20.8 Å². The Morgan fingerprint density at radius 3 is 2.80 bits per heavy atom. The van der Waals surface area contributed by atoms with Crippen LogP contribution in [0.25, 0.3) is 0 Å². The van der Waals surface area contributed by atoms with E-state index in [0.29, 0.717) is 11.6 Å². The number of aromatic nitrogens is 2. The molecule has 1 aromatic rings. The van der Waals surface area contributed by atoms with Crippen molar-refractivity contribution in [2.75, 3.05) is 6.61 Å². The van der Waals surface area contributed by atoms with Crippen molar-refractivity contribution in [1.29, 1.82) is 0 Å². The van der Waals surface area contributed by atoms with Gasteiger partial charge in [0, 0.05) is 13.2 Å². The van der Waals surface area contributed by atoms with Crippen LogP contribution in [-0.4, -0.2) is 22.5 Å². The Morgan fingerprint density at radius 2 is 2.27 bits per heavy atom. The third-order valence-electron chi connectivity index (χ3n) is 2.38. The molecule has 5 heteroatoms. The molecule has 0 aliphatic heterocycles. The van der Waals surface area contributed by atoms with Crippen LogP contribution < -0.4 is 5.73 Å². The highest BCUT2D eigenvalue weighted by molar-refractivity contribution is 6.31. The summed E-state index contributed by atoms with van der Waals surface area (Å²) in [5.41, 5.74) is 6.92. The van der Waals surface area contributed by atoms with Gasteiger partial charge in [0.2, 0.25) is 0 Å². The molecular formula is C10H18ClN3O. The van der Waals surface area contributed by atoms with Gasteiger partial charge in [-0.3, -0.25) is 4.68 Å². The first kappa shape index (κ1) is 12.5. The molecule has 0 aliphatic rings. The zero-order valence-electron chi connectivity index (χ0n) is 9.40. The van der Waals surface area contributed by atoms with Crippen molar-refractivity contribution in [2.45, 2.75) is 39.5 Å². The smallest absolute Gasteiger partial charge is 0.0835 e. The first-order chi connectivity index (χ1) is 7.11. The number of halogens is 1. The van der Waals surface area contributed by atoms with E-state index in [1.807, 2.05) is 25.5 Å². The lowest BCUT2D eigenvalue weighted by Crippen LogP contribution is -2.29. The maximum atomic E-state index is 6.08. The molecular weight excluding hydrogens is 214 g/mol. The predicted octanol–water partition coefficient (Wildman–Crippen LogP) is 1.98. The van der Waals surface area contributed by atoms with E-state index in [0.717, 1.165) is 12.2 Å². The van der Waals surface area contributed by atoms with Gasteiger partial charge in [0.25, 0.3) is 0 Å². The van der Waals surface area contributed by atoms with Crippen LogP contribution in [0.5, 0.6) is 0 Å². The minimum Gasteiger partial charge on any atom is -0.377 e. The van der Waals surface area contributed by atoms with Crippen molar-refractivity contribution in [3.05, 3.63) is 16.9 Å². The van der Waals surface area contributed by atoms with E-state index in [4.69, 9.17) is 22.1 Å². The quantitative estimate of drug-likeness (QED) is 0.843. The SMILES string of the molecule is CCOC(C)C(N)c1c(Cl)cnn1CC. The summed E-state index contributed by atoms with van der Waals surface area (Å²) >= 11 is 6.04. The number of hydrogen-bond acceptors (Lipinski definition) is 3. The lowest BCUT2D eigenvalue weighted by atomic mass is 10.1. The second-order valence-electron chi connectivity index (χ2n) is 3.38. The Balaban J connectivity index is 2.88. The fraction of sp³-hybridized carbons (Fsp3) is 0.700. The van der Waals surface area contributed by atoms with Crippen molar-refractivity contribution in [1.82, 2.24) is 9.78 Å². The maximum absolute atomic E-state index is 6.08. The number of hydrogen-bond donors (Lipinski definition) is 1. The molecule has 2 N–H and O–H groups in total. The third kappa shape index (κ3) is 2.71. The van der Waals surface area contributed by atoms with E-state index in [-0.39, 0.29) is 12.1 Å². The summed E-state index contributed by atoms with van der Waals surface area (Å²) in [4.78, 5) is 0. The van der Waals surface area contributed by atoms with Gasteiger partial charge in [-0.25, -0.2) is 0 Å². The van der Waals surface area contributed by atoms with Gasteiger partial charge in [-0.1, -0.05) is 11.6 Å². The zero-order chi connectivity index (χ0) is 11.4. The first-order valence-corrected chi connectivity index (χ1v) is 5.57. The Morgan fingerprint density at radius 1 is 1.60 bits per heavy atom. The maximum Gasteiger partial charge on any atom is 0.0835 e. The highest BCUT2D eigenvalue weighted by atomic mass is 35.5. The summed E-state index contributed by atoms with van der Waals surface area (Å²) in [6, 6.07) is -0.236. The highest BCUT2D eigenvalue weighted by Crippen LogP contribution is 2.24. The molecule has 86 valence electrons. The Hall–Kier alpha value is -0.580. The van der Waals surface area contributed by atoms with E-state index >= 15 is 0 Å². The lowest BCUT2D eigenvalue weighted by Gasteiger charge is -2.21. The second kappa shape index (κ2) is 5.49. The number of rotatable bonds is 5. The van der Waals surface area contributed by atoms with Crippen LogP contribution in [0.15, 0.2) is 6.20 Å². The molecule has 0 fully saturated rings. The van der Waals surface area contributed by atoms with Crippen LogP contribution in [-0.2, 0) is 11.3 Å². The van der Waals surface area contributed by atoms with Crippen LogP contribution in [0.3, 0.4) is 0 Å². The summed E-state index contributed by atoms with van der Waals surface area (Å²) < 4.78 is 7.27. The summed E-state index contributed by atoms with van der Waals surface area (Å²) in [5, 5.41) is 4.75. The number of aryl methyl sites for hydroxylation is 1. The molecule has 2 atom stereocenters. The second-order valence-corrected chi connectivity index (χ2v) is 3.79. The number of ether oxygens (including phenoxy) is 1. The molecule has 0 spiro atoms. The molecule has 0 bridgehead atoms. The summed E-state index contributed by atoms with van der Waals surface area (Å²) in [7, 11) is 0. The Labute approximate surface area is 95.3 Å². The normalized spacial score (nSPS) is 15.3. The molecule has 0 radical (unpaired) electrons. The van der Waals surface area contributed by atoms with Crippen LogP contribution in [0.4, 0.5) is 0 Å². The van der Waals surface area contributed by atoms with Crippen molar-refractivity contribution in [2.24, 2.45) is 5.73 Å². The van der Waals surface area contributed by atoms with Crippen LogP contribution >= 0.6 is 11.6 Å². The topological polar surface area (TPSA) is 53.1 Å². The minimum atomic E-state index is -0.236. The summed E-state index contributed by atoms with van der Waals surface area (Å²) in [6.45, 7) is 7.30. The lowest BCUT2D eigenvalue weighted by molar-refractivity contribution is 0.0554. The fourth-order valence-corrected chi connectivity index (χ4v) is 1.81. The van der Waals surface area contributed by atoms with E-state index < -0.39 is 0 Å². The molecule has 2 unspecified atom stereocenters. The van der Waals surface area contributed by atoms with Crippen molar-refractivity contribution in [3.63, 3.8) is 0 Å². The number of nitrogens with zero attached hydrogens (tertiary/aromatic N) is 2. The largest absolute Gasteiger partial charge is 0.377 e. The molecule has 15 heavy (non-hydrogen) atoms. The predicted molar refractivity (Wildman–Crippen MR) is 60.9 cm³/mol. The Kier molecular flexibility index (Phi) is 4.57. The fourth-order valence-electron chi connectivity index (χ4n) is 1.54. The van der Waals surface area contributed by atoms with E-state index in [1.165, 1.54) is 0 Å². The molecule has 4 nitrogen and oxygen atoms in total. The average molecular weight is 232 g/mol. The van der Waals surface area contributed by atoms with Gasteiger partial charge < -0.3 is 10.5 Å². The minimum absolute atomic E-state index is 0.0606. The van der Waals surface area contributed by atoms with Crippen molar-refractivity contribution >= 4 is 11.6 Å². The van der Waals surface area contributed by atoms with Gasteiger partial charge in [-0.2, -0.15) is 5.10 Å². The zero-order valence-corrected chi connectivity index (χ0v) is 10.2. The van der Waals surface area contributed by atoms with Gasteiger partial charge in [0.05, 0.1) is 29.1 Å². The standard InChI is InChI=1S/C10H18ClN3O/c1-4-14-10(8(11)6-13-14)9(12)7(3)15-5-2/h6-7,9H,4-5,12H2,1-3H3. The van der Waals surface area contributed by atoms with E-state index in [2.05, 4.69) is 5.10 Å². The van der Waals surface area contributed by atoms with Crippen LogP contribution in [0.2, 0.25) is 5.02 Å². The molecule has 0 amide bonds. The van der Waals surface area contributed by atoms with Crippen LogP contribution in [0, 0.1) is 0 Å². The van der Waals surface area contributed by atoms with E-state index in [1.54, 1.807) is 6.20 Å². The van der Waals surface area contributed by atoms with Gasteiger partial charge in [0.15, 0.2) is 0 Å². The Bertz CT molecular complexity index is 314. The summed E-state index contributed by atoms with van der Waals surface area (Å²) in [5.74, 6) is 0. The van der Waals surface area contributed by atoms with Gasteiger partial charge >= 0.3 is 0 Å². The van der Waals surface area contributed by atoms with Crippen molar-refractivity contribution < 1.29 is 4.74 Å². The molecule has 1 aromatic heterocycles. The van der Waals surface area contributed by atoms with Crippen molar-refractivity contribution in [3.8, 4) is 0 Å². The monoisotopic (exact) mass is 231 g/mol. The highest BCUT2D eigenvalue weighted by Gasteiger charge is 2.21. The molecule has 1 heterocycles.